The molecule has 0 aliphatic rings. The second-order valence-corrected chi connectivity index (χ2v) is 4.59. The summed E-state index contributed by atoms with van der Waals surface area (Å²) in [6, 6.07) is 10.2. The van der Waals surface area contributed by atoms with Gasteiger partial charge in [-0.2, -0.15) is 0 Å². The average molecular weight is 254 g/mol. The van der Waals surface area contributed by atoms with E-state index in [9.17, 15) is 0 Å². The van der Waals surface area contributed by atoms with E-state index < -0.39 is 0 Å². The normalized spacial score (nSPS) is 9.67. The molecule has 0 unspecified atom stereocenters. The van der Waals surface area contributed by atoms with E-state index in [0.717, 1.165) is 22.8 Å². The smallest absolute Gasteiger partial charge is 0.187 e. The summed E-state index contributed by atoms with van der Waals surface area (Å²) in [7, 11) is 0. The molecule has 0 atom stereocenters. The standard InChI is InChI=1S/C15H14N2S/c1-12-14(11-16-15(17-12)18-2)10-6-9-13-7-4-3-5-8-13/h3-5,7-8,11H,9H2,1-2H3. The lowest BCUT2D eigenvalue weighted by Gasteiger charge is -1.98. The zero-order valence-electron chi connectivity index (χ0n) is 10.5. The minimum absolute atomic E-state index is 0.755. The van der Waals surface area contributed by atoms with Gasteiger partial charge in [-0.05, 0) is 18.7 Å². The Morgan fingerprint density at radius 3 is 2.67 bits per heavy atom. The third kappa shape index (κ3) is 3.35. The third-order valence-electron chi connectivity index (χ3n) is 2.50. The fourth-order valence-corrected chi connectivity index (χ4v) is 1.89. The van der Waals surface area contributed by atoms with Crippen molar-refractivity contribution in [3.05, 3.63) is 53.3 Å². The molecule has 18 heavy (non-hydrogen) atoms. The second kappa shape index (κ2) is 6.23. The van der Waals surface area contributed by atoms with Gasteiger partial charge in [-0.3, -0.25) is 0 Å². The van der Waals surface area contributed by atoms with Crippen LogP contribution in [0, 0.1) is 18.8 Å². The maximum atomic E-state index is 4.37. The molecule has 0 spiro atoms. The van der Waals surface area contributed by atoms with Gasteiger partial charge in [-0.25, -0.2) is 9.97 Å². The van der Waals surface area contributed by atoms with Crippen LogP contribution in [0.3, 0.4) is 0 Å². The highest BCUT2D eigenvalue weighted by Gasteiger charge is 1.99. The van der Waals surface area contributed by atoms with Crippen molar-refractivity contribution in [2.45, 2.75) is 18.5 Å². The molecule has 0 fully saturated rings. The molecule has 0 saturated carbocycles. The molecule has 0 radical (unpaired) electrons. The van der Waals surface area contributed by atoms with E-state index in [1.54, 1.807) is 18.0 Å². The molecular formula is C15H14N2S. The van der Waals surface area contributed by atoms with Gasteiger partial charge in [0.15, 0.2) is 5.16 Å². The van der Waals surface area contributed by atoms with E-state index in [0.29, 0.717) is 0 Å². The molecule has 2 nitrogen and oxygen atoms in total. The van der Waals surface area contributed by atoms with Gasteiger partial charge >= 0.3 is 0 Å². The van der Waals surface area contributed by atoms with E-state index in [1.165, 1.54) is 5.56 Å². The minimum Gasteiger partial charge on any atom is -0.230 e. The van der Waals surface area contributed by atoms with Gasteiger partial charge in [-0.15, -0.1) is 0 Å². The summed E-state index contributed by atoms with van der Waals surface area (Å²) >= 11 is 1.54. The van der Waals surface area contributed by atoms with Crippen molar-refractivity contribution in [1.29, 1.82) is 0 Å². The van der Waals surface area contributed by atoms with E-state index in [2.05, 4.69) is 33.9 Å². The molecule has 1 heterocycles. The van der Waals surface area contributed by atoms with E-state index >= 15 is 0 Å². The van der Waals surface area contributed by atoms with Crippen molar-refractivity contribution in [3.8, 4) is 11.8 Å². The summed E-state index contributed by atoms with van der Waals surface area (Å²) in [5, 5.41) is 0.793. The molecule has 0 N–H and O–H groups in total. The molecule has 2 aromatic rings. The van der Waals surface area contributed by atoms with E-state index in [4.69, 9.17) is 0 Å². The van der Waals surface area contributed by atoms with Crippen LogP contribution in [0.15, 0.2) is 41.7 Å². The molecular weight excluding hydrogens is 240 g/mol. The van der Waals surface area contributed by atoms with Crippen LogP contribution in [0.5, 0.6) is 0 Å². The summed E-state index contributed by atoms with van der Waals surface area (Å²) in [5.41, 5.74) is 3.07. The van der Waals surface area contributed by atoms with Crippen molar-refractivity contribution in [2.75, 3.05) is 6.26 Å². The average Bonchev–Trinajstić information content (AvgIpc) is 2.42. The predicted octanol–water partition coefficient (Wildman–Crippen LogP) is 3.10. The number of aryl methyl sites for hydroxylation is 1. The van der Waals surface area contributed by atoms with Crippen LogP contribution in [-0.4, -0.2) is 16.2 Å². The van der Waals surface area contributed by atoms with Crippen molar-refractivity contribution < 1.29 is 0 Å². The molecule has 3 heteroatoms. The van der Waals surface area contributed by atoms with Crippen LogP contribution >= 0.6 is 11.8 Å². The van der Waals surface area contributed by atoms with Crippen LogP contribution in [0.1, 0.15) is 16.8 Å². The monoisotopic (exact) mass is 254 g/mol. The fraction of sp³-hybridized carbons (Fsp3) is 0.200. The number of hydrogen-bond donors (Lipinski definition) is 0. The van der Waals surface area contributed by atoms with Gasteiger partial charge in [0.1, 0.15) is 0 Å². The Labute approximate surface area is 112 Å². The molecule has 1 aromatic carbocycles. The molecule has 1 aromatic heterocycles. The Hall–Kier alpha value is -1.79. The highest BCUT2D eigenvalue weighted by Crippen LogP contribution is 2.10. The number of rotatable bonds is 2. The van der Waals surface area contributed by atoms with Gasteiger partial charge in [-0.1, -0.05) is 53.9 Å². The van der Waals surface area contributed by atoms with Gasteiger partial charge in [0.25, 0.3) is 0 Å². The van der Waals surface area contributed by atoms with Gasteiger partial charge in [0.2, 0.25) is 0 Å². The minimum atomic E-state index is 0.755. The lowest BCUT2D eigenvalue weighted by Crippen LogP contribution is -1.93. The van der Waals surface area contributed by atoms with Crippen molar-refractivity contribution >= 4 is 11.8 Å². The Bertz CT molecular complexity index is 582. The summed E-state index contributed by atoms with van der Waals surface area (Å²) in [5.74, 6) is 6.29. The van der Waals surface area contributed by atoms with Crippen LogP contribution in [0.2, 0.25) is 0 Å². The Morgan fingerprint density at radius 1 is 1.22 bits per heavy atom. The summed E-state index contributed by atoms with van der Waals surface area (Å²) < 4.78 is 0. The van der Waals surface area contributed by atoms with Crippen LogP contribution in [0.25, 0.3) is 0 Å². The number of hydrogen-bond acceptors (Lipinski definition) is 3. The zero-order valence-corrected chi connectivity index (χ0v) is 11.3. The number of benzene rings is 1. The maximum absolute atomic E-state index is 4.37. The first-order chi connectivity index (χ1) is 8.79. The predicted molar refractivity (Wildman–Crippen MR) is 75.6 cm³/mol. The first kappa shape index (κ1) is 12.7. The Kier molecular flexibility index (Phi) is 4.38. The molecule has 90 valence electrons. The first-order valence-corrected chi connectivity index (χ1v) is 6.92. The lowest BCUT2D eigenvalue weighted by molar-refractivity contribution is 0.928. The molecule has 0 aliphatic heterocycles. The second-order valence-electron chi connectivity index (χ2n) is 3.82. The Morgan fingerprint density at radius 2 is 2.00 bits per heavy atom. The molecule has 0 bridgehead atoms. The largest absolute Gasteiger partial charge is 0.230 e. The van der Waals surface area contributed by atoms with Gasteiger partial charge in [0, 0.05) is 12.6 Å². The molecule has 2 rings (SSSR count). The molecule has 0 aliphatic carbocycles. The summed E-state index contributed by atoms with van der Waals surface area (Å²) in [4.78, 5) is 8.60. The molecule has 0 amide bonds. The SMILES string of the molecule is CSc1ncc(C#CCc2ccccc2)c(C)n1. The summed E-state index contributed by atoms with van der Waals surface area (Å²) in [6.45, 7) is 1.97. The van der Waals surface area contributed by atoms with E-state index in [1.807, 2.05) is 31.4 Å². The van der Waals surface area contributed by atoms with Crippen molar-refractivity contribution in [2.24, 2.45) is 0 Å². The number of nitrogens with zero attached hydrogens (tertiary/aromatic N) is 2. The van der Waals surface area contributed by atoms with E-state index in [-0.39, 0.29) is 0 Å². The zero-order chi connectivity index (χ0) is 12.8. The van der Waals surface area contributed by atoms with Crippen molar-refractivity contribution in [3.63, 3.8) is 0 Å². The highest BCUT2D eigenvalue weighted by molar-refractivity contribution is 7.98. The van der Waals surface area contributed by atoms with Crippen LogP contribution in [-0.2, 0) is 6.42 Å². The van der Waals surface area contributed by atoms with Crippen LogP contribution in [0.4, 0.5) is 0 Å². The van der Waals surface area contributed by atoms with Gasteiger partial charge < -0.3 is 0 Å². The third-order valence-corrected chi connectivity index (χ3v) is 3.06. The Balaban J connectivity index is 2.11. The number of thioether (sulfide) groups is 1. The van der Waals surface area contributed by atoms with Crippen molar-refractivity contribution in [1.82, 2.24) is 9.97 Å². The quantitative estimate of drug-likeness (QED) is 0.468. The fourth-order valence-electron chi connectivity index (χ4n) is 1.50. The van der Waals surface area contributed by atoms with Gasteiger partial charge in [0.05, 0.1) is 11.3 Å². The lowest BCUT2D eigenvalue weighted by atomic mass is 10.1. The number of aromatic nitrogens is 2. The topological polar surface area (TPSA) is 25.8 Å². The highest BCUT2D eigenvalue weighted by atomic mass is 32.2. The maximum Gasteiger partial charge on any atom is 0.187 e. The molecule has 0 saturated heterocycles. The summed E-state index contributed by atoms with van der Waals surface area (Å²) in [6.07, 6.45) is 4.52. The van der Waals surface area contributed by atoms with Crippen LogP contribution < -0.4 is 0 Å². The first-order valence-electron chi connectivity index (χ1n) is 5.70.